The van der Waals surface area contributed by atoms with Crippen molar-refractivity contribution in [2.75, 3.05) is 0 Å². The lowest BCUT2D eigenvalue weighted by molar-refractivity contribution is -0.122. The first kappa shape index (κ1) is 15.0. The van der Waals surface area contributed by atoms with Crippen LogP contribution in [0, 0.1) is 0 Å². The largest absolute Gasteiger partial charge is 0.297 e. The number of rotatable bonds is 4. The van der Waals surface area contributed by atoms with Gasteiger partial charge in [0.05, 0.1) is 0 Å². The second-order valence-electron chi connectivity index (χ2n) is 5.53. The predicted molar refractivity (Wildman–Crippen MR) is 89.8 cm³/mol. The van der Waals surface area contributed by atoms with Crippen molar-refractivity contribution in [1.29, 1.82) is 0 Å². The fourth-order valence-electron chi connectivity index (χ4n) is 2.95. The van der Waals surface area contributed by atoms with Crippen LogP contribution in [0.1, 0.15) is 24.0 Å². The number of allylic oxidation sites excluding steroid dienone is 1. The Morgan fingerprint density at radius 2 is 1.77 bits per heavy atom. The van der Waals surface area contributed by atoms with Crippen molar-refractivity contribution in [3.63, 3.8) is 0 Å². The molecule has 0 fully saturated rings. The minimum absolute atomic E-state index is 0.0720. The van der Waals surface area contributed by atoms with Crippen LogP contribution in [0.25, 0.3) is 0 Å². The van der Waals surface area contributed by atoms with Crippen LogP contribution in [0.15, 0.2) is 66.7 Å². The van der Waals surface area contributed by atoms with E-state index < -0.39 is 5.54 Å². The van der Waals surface area contributed by atoms with E-state index in [-0.39, 0.29) is 5.78 Å². The van der Waals surface area contributed by atoms with Gasteiger partial charge in [0.1, 0.15) is 5.54 Å². The molecule has 1 aliphatic rings. The zero-order valence-electron chi connectivity index (χ0n) is 12.3. The van der Waals surface area contributed by atoms with Gasteiger partial charge in [-0.05, 0) is 36.1 Å². The molecule has 0 saturated heterocycles. The first-order valence-corrected chi connectivity index (χ1v) is 7.85. The summed E-state index contributed by atoms with van der Waals surface area (Å²) in [5.41, 5.74) is 1.28. The number of carbonyl (C=O) groups is 1. The number of ketones is 1. The molecule has 0 heterocycles. The van der Waals surface area contributed by atoms with E-state index in [1.807, 2.05) is 48.5 Å². The van der Waals surface area contributed by atoms with Crippen LogP contribution >= 0.6 is 11.6 Å². The van der Waals surface area contributed by atoms with E-state index in [9.17, 15) is 4.79 Å². The van der Waals surface area contributed by atoms with Crippen molar-refractivity contribution < 1.29 is 4.79 Å². The van der Waals surface area contributed by atoms with Gasteiger partial charge < -0.3 is 0 Å². The summed E-state index contributed by atoms with van der Waals surface area (Å²) < 4.78 is 0. The van der Waals surface area contributed by atoms with Gasteiger partial charge in [0.15, 0.2) is 5.78 Å². The van der Waals surface area contributed by atoms with Crippen molar-refractivity contribution in [1.82, 2.24) is 5.32 Å². The lowest BCUT2D eigenvalue weighted by atomic mass is 9.78. The third-order valence-electron chi connectivity index (χ3n) is 4.15. The molecular weight excluding hydrogens is 294 g/mol. The number of hydrogen-bond donors (Lipinski definition) is 1. The molecule has 1 atom stereocenters. The second-order valence-corrected chi connectivity index (χ2v) is 5.94. The summed E-state index contributed by atoms with van der Waals surface area (Å²) in [5.74, 6) is 0.0720. The number of hydrogen-bond acceptors (Lipinski definition) is 2. The molecule has 3 rings (SSSR count). The smallest absolute Gasteiger partial charge is 0.179 e. The Morgan fingerprint density at radius 1 is 1.05 bits per heavy atom. The van der Waals surface area contributed by atoms with Gasteiger partial charge in [-0.1, -0.05) is 66.2 Å². The Bertz CT molecular complexity index is 696. The molecule has 0 aromatic heterocycles. The number of nitrogens with one attached hydrogen (secondary N) is 1. The van der Waals surface area contributed by atoms with Gasteiger partial charge in [0, 0.05) is 11.6 Å². The number of benzene rings is 2. The van der Waals surface area contributed by atoms with Crippen molar-refractivity contribution in [3.05, 3.63) is 82.9 Å². The quantitative estimate of drug-likeness (QED) is 0.915. The zero-order chi connectivity index (χ0) is 15.4. The topological polar surface area (TPSA) is 29.1 Å². The van der Waals surface area contributed by atoms with Crippen LogP contribution in [0.2, 0.25) is 5.02 Å². The maximum absolute atomic E-state index is 12.7. The molecule has 2 aromatic carbocycles. The Balaban J connectivity index is 1.96. The molecule has 22 heavy (non-hydrogen) atoms. The van der Waals surface area contributed by atoms with Crippen LogP contribution < -0.4 is 5.32 Å². The maximum atomic E-state index is 12.7. The summed E-state index contributed by atoms with van der Waals surface area (Å²) >= 11 is 6.38. The van der Waals surface area contributed by atoms with Crippen molar-refractivity contribution in [2.24, 2.45) is 0 Å². The number of halogens is 1. The fraction of sp³-hybridized carbons (Fsp3) is 0.211. The molecule has 0 bridgehead atoms. The molecule has 0 aliphatic heterocycles. The molecule has 1 unspecified atom stereocenters. The maximum Gasteiger partial charge on any atom is 0.179 e. The minimum atomic E-state index is -0.733. The Labute approximate surface area is 135 Å². The highest BCUT2D eigenvalue weighted by Gasteiger charge is 2.40. The normalized spacial score (nSPS) is 21.0. The molecule has 2 aromatic rings. The monoisotopic (exact) mass is 311 g/mol. The van der Waals surface area contributed by atoms with Crippen LogP contribution in [-0.4, -0.2) is 5.78 Å². The first-order valence-electron chi connectivity index (χ1n) is 7.47. The molecule has 0 spiro atoms. The molecule has 0 saturated carbocycles. The molecule has 1 aliphatic carbocycles. The van der Waals surface area contributed by atoms with Crippen LogP contribution in [0.4, 0.5) is 0 Å². The average Bonchev–Trinajstić information content (AvgIpc) is 2.56. The predicted octanol–water partition coefficient (Wildman–Crippen LogP) is 4.24. The Kier molecular flexibility index (Phi) is 4.41. The molecule has 0 amide bonds. The SMILES string of the molecule is O=C1C=CCCC1(NCc1ccccc1)c1ccccc1Cl. The van der Waals surface area contributed by atoms with Gasteiger partial charge in [-0.25, -0.2) is 0 Å². The molecular formula is C19H18ClNO. The zero-order valence-corrected chi connectivity index (χ0v) is 13.0. The van der Waals surface area contributed by atoms with Crippen molar-refractivity contribution >= 4 is 17.4 Å². The van der Waals surface area contributed by atoms with E-state index in [0.29, 0.717) is 11.6 Å². The third kappa shape index (κ3) is 2.85. The molecule has 112 valence electrons. The van der Waals surface area contributed by atoms with Gasteiger partial charge in [-0.3, -0.25) is 10.1 Å². The lowest BCUT2D eigenvalue weighted by Gasteiger charge is -2.35. The van der Waals surface area contributed by atoms with E-state index in [0.717, 1.165) is 24.0 Å². The Morgan fingerprint density at radius 3 is 2.50 bits per heavy atom. The highest BCUT2D eigenvalue weighted by molar-refractivity contribution is 6.31. The van der Waals surface area contributed by atoms with Crippen molar-refractivity contribution in [2.45, 2.75) is 24.9 Å². The summed E-state index contributed by atoms with van der Waals surface area (Å²) in [7, 11) is 0. The standard InChI is InChI=1S/C19H18ClNO/c20-17-11-5-4-10-16(17)19(13-7-6-12-18(19)22)21-14-15-8-2-1-3-9-15/h1-6,8-12,21H,7,13-14H2. The van der Waals surface area contributed by atoms with Crippen LogP contribution in [0.3, 0.4) is 0 Å². The summed E-state index contributed by atoms with van der Waals surface area (Å²) in [5, 5.41) is 4.10. The van der Waals surface area contributed by atoms with E-state index in [1.54, 1.807) is 6.08 Å². The minimum Gasteiger partial charge on any atom is -0.297 e. The van der Waals surface area contributed by atoms with Gasteiger partial charge in [0.25, 0.3) is 0 Å². The van der Waals surface area contributed by atoms with E-state index in [1.165, 1.54) is 0 Å². The molecule has 0 radical (unpaired) electrons. The van der Waals surface area contributed by atoms with Gasteiger partial charge >= 0.3 is 0 Å². The average molecular weight is 312 g/mol. The third-order valence-corrected chi connectivity index (χ3v) is 4.48. The highest BCUT2D eigenvalue weighted by Crippen LogP contribution is 2.36. The van der Waals surface area contributed by atoms with Crippen LogP contribution in [-0.2, 0) is 16.9 Å². The highest BCUT2D eigenvalue weighted by atomic mass is 35.5. The lowest BCUT2D eigenvalue weighted by Crippen LogP contribution is -2.49. The van der Waals surface area contributed by atoms with Crippen LogP contribution in [0.5, 0.6) is 0 Å². The summed E-state index contributed by atoms with van der Waals surface area (Å²) in [6.45, 7) is 0.631. The van der Waals surface area contributed by atoms with Gasteiger partial charge in [0.2, 0.25) is 0 Å². The number of carbonyl (C=O) groups excluding carboxylic acids is 1. The molecule has 3 heteroatoms. The summed E-state index contributed by atoms with van der Waals surface area (Å²) in [6, 6.07) is 17.7. The van der Waals surface area contributed by atoms with Gasteiger partial charge in [-0.15, -0.1) is 0 Å². The fourth-order valence-corrected chi connectivity index (χ4v) is 3.25. The van der Waals surface area contributed by atoms with Gasteiger partial charge in [-0.2, -0.15) is 0 Å². The molecule has 2 nitrogen and oxygen atoms in total. The molecule has 1 N–H and O–H groups in total. The Hall–Kier alpha value is -1.90. The van der Waals surface area contributed by atoms with Crippen molar-refractivity contribution in [3.8, 4) is 0 Å². The first-order chi connectivity index (χ1) is 10.7. The summed E-state index contributed by atoms with van der Waals surface area (Å²) in [6.07, 6.45) is 5.18. The second kappa shape index (κ2) is 6.47. The van der Waals surface area contributed by atoms with E-state index in [2.05, 4.69) is 17.4 Å². The van der Waals surface area contributed by atoms with E-state index in [4.69, 9.17) is 11.6 Å². The van der Waals surface area contributed by atoms with E-state index >= 15 is 0 Å². The summed E-state index contributed by atoms with van der Waals surface area (Å²) in [4.78, 5) is 12.7.